The largest absolute Gasteiger partial charge is 0.477 e. The summed E-state index contributed by atoms with van der Waals surface area (Å²) in [6.07, 6.45) is 4.10. The van der Waals surface area contributed by atoms with Gasteiger partial charge in [0.15, 0.2) is 11.5 Å². The van der Waals surface area contributed by atoms with Crippen molar-refractivity contribution in [3.05, 3.63) is 71.8 Å². The molecule has 0 aromatic heterocycles. The van der Waals surface area contributed by atoms with Crippen LogP contribution in [0.1, 0.15) is 56.0 Å². The molecule has 2 fully saturated rings. The molecule has 3 unspecified atom stereocenters. The highest BCUT2D eigenvalue weighted by Gasteiger charge is 2.61. The molecule has 7 heteroatoms. The van der Waals surface area contributed by atoms with E-state index in [0.29, 0.717) is 41.4 Å². The fourth-order valence-electron chi connectivity index (χ4n) is 6.29. The van der Waals surface area contributed by atoms with E-state index in [4.69, 9.17) is 23.7 Å². The molecule has 2 aliphatic carbocycles. The lowest BCUT2D eigenvalue weighted by Crippen LogP contribution is -2.33. The molecular formula is C32H34O7. The minimum Gasteiger partial charge on any atom is -0.477 e. The Hall–Kier alpha value is -3.71. The van der Waals surface area contributed by atoms with Crippen molar-refractivity contribution >= 4 is 5.97 Å². The molecule has 204 valence electrons. The zero-order chi connectivity index (χ0) is 27.2. The van der Waals surface area contributed by atoms with Gasteiger partial charge < -0.3 is 28.8 Å². The summed E-state index contributed by atoms with van der Waals surface area (Å²) in [6, 6.07) is 17.8. The van der Waals surface area contributed by atoms with Gasteiger partial charge in [-0.05, 0) is 85.8 Å². The van der Waals surface area contributed by atoms with Crippen molar-refractivity contribution in [3.63, 3.8) is 0 Å². The molecule has 7 nitrogen and oxygen atoms in total. The Morgan fingerprint density at radius 1 is 0.923 bits per heavy atom. The molecule has 2 saturated carbocycles. The molecule has 6 rings (SSSR count). The van der Waals surface area contributed by atoms with Gasteiger partial charge in [0.2, 0.25) is 6.79 Å². The number of hydrogen-bond donors (Lipinski definition) is 1. The lowest BCUT2D eigenvalue weighted by Gasteiger charge is -2.33. The van der Waals surface area contributed by atoms with Gasteiger partial charge in [0.25, 0.3) is 0 Å². The minimum atomic E-state index is -1.14. The zero-order valence-electron chi connectivity index (χ0n) is 22.6. The van der Waals surface area contributed by atoms with Crippen molar-refractivity contribution < 1.29 is 33.6 Å². The summed E-state index contributed by atoms with van der Waals surface area (Å²) in [7, 11) is 0. The summed E-state index contributed by atoms with van der Waals surface area (Å²) in [6.45, 7) is 7.72. The Balaban J connectivity index is 1.16. The van der Waals surface area contributed by atoms with Gasteiger partial charge in [-0.2, -0.15) is 0 Å². The Bertz CT molecular complexity index is 1400. The number of hydrogen-bond acceptors (Lipinski definition) is 6. The third-order valence-electron chi connectivity index (χ3n) is 8.71. The summed E-state index contributed by atoms with van der Waals surface area (Å²) in [5, 5.41) is 10.1. The quantitative estimate of drug-likeness (QED) is 0.307. The topological polar surface area (TPSA) is 83.5 Å². The average Bonchev–Trinajstić information content (AvgIpc) is 3.21. The molecule has 3 aliphatic rings. The minimum absolute atomic E-state index is 0.0578. The molecule has 1 aliphatic heterocycles. The Morgan fingerprint density at radius 2 is 1.67 bits per heavy atom. The van der Waals surface area contributed by atoms with E-state index < -0.39 is 5.97 Å². The van der Waals surface area contributed by atoms with E-state index in [2.05, 4.69) is 20.8 Å². The van der Waals surface area contributed by atoms with Crippen LogP contribution in [0, 0.1) is 17.3 Å². The highest BCUT2D eigenvalue weighted by atomic mass is 16.7. The van der Waals surface area contributed by atoms with E-state index >= 15 is 0 Å². The number of rotatable bonds is 9. The van der Waals surface area contributed by atoms with E-state index in [1.807, 2.05) is 24.3 Å². The SMILES string of the molecule is CC1(OCCc2ccccc2Oc2cccc(Oc3ccc4c(c3)OCO4)c2C(=O)O)CCC2C(C1)C2(C)C. The summed E-state index contributed by atoms with van der Waals surface area (Å²) in [4.78, 5) is 12.3. The van der Waals surface area contributed by atoms with E-state index in [-0.39, 0.29) is 29.5 Å². The van der Waals surface area contributed by atoms with Gasteiger partial charge in [0.05, 0.1) is 12.2 Å². The number of ether oxygens (including phenoxy) is 5. The number of carbonyl (C=O) groups is 1. The summed E-state index contributed by atoms with van der Waals surface area (Å²) >= 11 is 0. The standard InChI is InChI=1S/C32H34O7/c1-31(2)22-13-15-32(3,18-23(22)31)37-16-14-20-7-4-5-8-24(20)39-27-10-6-9-26(29(27)30(33)34)38-21-11-12-25-28(17-21)36-19-35-25/h4-12,17,22-23H,13-16,18-19H2,1-3H3,(H,33,34). The Kier molecular flexibility index (Phi) is 6.42. The van der Waals surface area contributed by atoms with Gasteiger partial charge in [0, 0.05) is 6.07 Å². The molecule has 0 bridgehead atoms. The lowest BCUT2D eigenvalue weighted by atomic mass is 9.86. The van der Waals surface area contributed by atoms with E-state index in [0.717, 1.165) is 30.2 Å². The van der Waals surface area contributed by atoms with Crippen LogP contribution in [0.3, 0.4) is 0 Å². The third kappa shape index (κ3) is 5.03. The van der Waals surface area contributed by atoms with Crippen molar-refractivity contribution in [2.75, 3.05) is 13.4 Å². The molecule has 0 amide bonds. The first-order valence-electron chi connectivity index (χ1n) is 13.6. The molecule has 0 saturated heterocycles. The smallest absolute Gasteiger partial charge is 0.343 e. The number of benzene rings is 3. The summed E-state index contributed by atoms with van der Waals surface area (Å²) in [5.74, 6) is 3.04. The number of para-hydroxylation sites is 1. The summed E-state index contributed by atoms with van der Waals surface area (Å²) in [5.41, 5.74) is 1.25. The molecule has 3 aromatic carbocycles. The number of fused-ring (bicyclic) bond motifs is 2. The Labute approximate surface area is 228 Å². The van der Waals surface area contributed by atoms with Crippen LogP contribution in [-0.2, 0) is 11.2 Å². The molecule has 1 heterocycles. The maximum absolute atomic E-state index is 12.3. The highest BCUT2D eigenvalue weighted by molar-refractivity contribution is 5.94. The second kappa shape index (κ2) is 9.79. The van der Waals surface area contributed by atoms with Crippen LogP contribution in [0.5, 0.6) is 34.5 Å². The first-order chi connectivity index (χ1) is 18.7. The number of carboxylic acids is 1. The van der Waals surface area contributed by atoms with Gasteiger partial charge in [-0.3, -0.25) is 0 Å². The molecule has 3 aromatic rings. The monoisotopic (exact) mass is 530 g/mol. The van der Waals surface area contributed by atoms with Crippen LogP contribution in [0.4, 0.5) is 0 Å². The van der Waals surface area contributed by atoms with Crippen molar-refractivity contribution in [2.24, 2.45) is 17.3 Å². The predicted octanol–water partition coefficient (Wildman–Crippen LogP) is 7.47. The second-order valence-corrected chi connectivity index (χ2v) is 11.6. The van der Waals surface area contributed by atoms with Crippen molar-refractivity contribution in [2.45, 2.75) is 52.1 Å². The molecule has 0 spiro atoms. The average molecular weight is 531 g/mol. The predicted molar refractivity (Wildman–Crippen MR) is 145 cm³/mol. The van der Waals surface area contributed by atoms with Gasteiger partial charge in [-0.1, -0.05) is 38.1 Å². The van der Waals surface area contributed by atoms with Crippen LogP contribution < -0.4 is 18.9 Å². The first kappa shape index (κ1) is 25.6. The van der Waals surface area contributed by atoms with Crippen LogP contribution in [0.25, 0.3) is 0 Å². The number of carboxylic acid groups (broad SMARTS) is 1. The fourth-order valence-corrected chi connectivity index (χ4v) is 6.29. The van der Waals surface area contributed by atoms with Crippen LogP contribution in [0.2, 0.25) is 0 Å². The van der Waals surface area contributed by atoms with E-state index in [1.54, 1.807) is 36.4 Å². The highest BCUT2D eigenvalue weighted by Crippen LogP contribution is 2.66. The van der Waals surface area contributed by atoms with Gasteiger partial charge in [-0.25, -0.2) is 4.79 Å². The fraction of sp³-hybridized carbons (Fsp3) is 0.406. The molecular weight excluding hydrogens is 496 g/mol. The first-order valence-corrected chi connectivity index (χ1v) is 13.6. The molecule has 1 N–H and O–H groups in total. The molecule has 0 radical (unpaired) electrons. The second-order valence-electron chi connectivity index (χ2n) is 11.6. The zero-order valence-corrected chi connectivity index (χ0v) is 22.6. The van der Waals surface area contributed by atoms with Gasteiger partial charge in [-0.15, -0.1) is 0 Å². The molecule has 3 atom stereocenters. The summed E-state index contributed by atoms with van der Waals surface area (Å²) < 4.78 is 29.4. The maximum Gasteiger partial charge on any atom is 0.343 e. The van der Waals surface area contributed by atoms with E-state index in [1.165, 1.54) is 6.42 Å². The Morgan fingerprint density at radius 3 is 2.46 bits per heavy atom. The van der Waals surface area contributed by atoms with Gasteiger partial charge >= 0.3 is 5.97 Å². The lowest BCUT2D eigenvalue weighted by molar-refractivity contribution is -0.0579. The van der Waals surface area contributed by atoms with Crippen LogP contribution in [-0.4, -0.2) is 30.1 Å². The van der Waals surface area contributed by atoms with Crippen molar-refractivity contribution in [1.82, 2.24) is 0 Å². The maximum atomic E-state index is 12.3. The number of aromatic carboxylic acids is 1. The third-order valence-corrected chi connectivity index (χ3v) is 8.71. The van der Waals surface area contributed by atoms with Gasteiger partial charge in [0.1, 0.15) is 28.6 Å². The van der Waals surface area contributed by atoms with Crippen LogP contribution >= 0.6 is 0 Å². The van der Waals surface area contributed by atoms with Crippen molar-refractivity contribution in [3.8, 4) is 34.5 Å². The van der Waals surface area contributed by atoms with Crippen molar-refractivity contribution in [1.29, 1.82) is 0 Å². The van der Waals surface area contributed by atoms with Crippen LogP contribution in [0.15, 0.2) is 60.7 Å². The normalized spacial score (nSPS) is 24.1. The van der Waals surface area contributed by atoms with E-state index in [9.17, 15) is 9.90 Å². The molecule has 39 heavy (non-hydrogen) atoms.